The third-order valence-corrected chi connectivity index (χ3v) is 4.83. The first-order valence-corrected chi connectivity index (χ1v) is 7.83. The molecule has 2 aliphatic rings. The van der Waals surface area contributed by atoms with Crippen LogP contribution in [0, 0.1) is 0 Å². The predicted molar refractivity (Wildman–Crippen MR) is 81.7 cm³/mol. The van der Waals surface area contributed by atoms with Crippen molar-refractivity contribution in [2.75, 3.05) is 59.9 Å². The highest BCUT2D eigenvalue weighted by molar-refractivity contribution is 4.89. The van der Waals surface area contributed by atoms with Crippen LogP contribution in [0.3, 0.4) is 0 Å². The Balaban J connectivity index is 1.87. The highest BCUT2D eigenvalue weighted by atomic mass is 15.3. The Bertz CT molecular complexity index is 273. The van der Waals surface area contributed by atoms with E-state index >= 15 is 0 Å². The SMILES string of the molecule is CN1CCCC(N(C)CC(C)(C)N2CCNCC2)C1. The van der Waals surface area contributed by atoms with Gasteiger partial charge in [-0.25, -0.2) is 0 Å². The van der Waals surface area contributed by atoms with Gasteiger partial charge in [-0.1, -0.05) is 0 Å². The zero-order chi connectivity index (χ0) is 13.9. The average Bonchev–Trinajstić information content (AvgIpc) is 2.39. The zero-order valence-electron chi connectivity index (χ0n) is 13.3. The summed E-state index contributed by atoms with van der Waals surface area (Å²) in [4.78, 5) is 7.71. The van der Waals surface area contributed by atoms with E-state index in [-0.39, 0.29) is 5.54 Å². The molecule has 19 heavy (non-hydrogen) atoms. The van der Waals surface area contributed by atoms with Crippen LogP contribution in [-0.2, 0) is 0 Å². The Hall–Kier alpha value is -0.160. The van der Waals surface area contributed by atoms with E-state index in [9.17, 15) is 0 Å². The first-order chi connectivity index (χ1) is 8.99. The lowest BCUT2D eigenvalue weighted by molar-refractivity contribution is 0.0424. The third kappa shape index (κ3) is 4.15. The molecule has 0 spiro atoms. The average molecular weight is 268 g/mol. The number of likely N-dealkylation sites (N-methyl/N-ethyl adjacent to an activating group) is 2. The highest BCUT2D eigenvalue weighted by Gasteiger charge is 2.31. The fourth-order valence-electron chi connectivity index (χ4n) is 3.61. The molecule has 0 aromatic carbocycles. The summed E-state index contributed by atoms with van der Waals surface area (Å²) >= 11 is 0. The first-order valence-electron chi connectivity index (χ1n) is 7.83. The minimum atomic E-state index is 0.285. The summed E-state index contributed by atoms with van der Waals surface area (Å²) in [5.74, 6) is 0. The van der Waals surface area contributed by atoms with Gasteiger partial charge in [0.05, 0.1) is 0 Å². The summed E-state index contributed by atoms with van der Waals surface area (Å²) in [5, 5.41) is 3.45. The molecule has 0 aromatic heterocycles. The van der Waals surface area contributed by atoms with Gasteiger partial charge in [0.2, 0.25) is 0 Å². The molecule has 2 heterocycles. The van der Waals surface area contributed by atoms with E-state index < -0.39 is 0 Å². The van der Waals surface area contributed by atoms with E-state index in [0.29, 0.717) is 0 Å². The molecule has 0 amide bonds. The minimum absolute atomic E-state index is 0.285. The van der Waals surface area contributed by atoms with E-state index in [0.717, 1.165) is 19.1 Å². The number of piperazine rings is 1. The van der Waals surface area contributed by atoms with Crippen molar-refractivity contribution in [1.29, 1.82) is 0 Å². The van der Waals surface area contributed by atoms with Gasteiger partial charge >= 0.3 is 0 Å². The molecule has 0 aliphatic carbocycles. The molecule has 1 N–H and O–H groups in total. The maximum absolute atomic E-state index is 3.45. The topological polar surface area (TPSA) is 21.8 Å². The Labute approximate surface area is 119 Å². The third-order valence-electron chi connectivity index (χ3n) is 4.83. The molecule has 112 valence electrons. The van der Waals surface area contributed by atoms with Gasteiger partial charge in [0.25, 0.3) is 0 Å². The largest absolute Gasteiger partial charge is 0.314 e. The molecule has 1 unspecified atom stereocenters. The normalized spacial score (nSPS) is 27.9. The number of rotatable bonds is 4. The monoisotopic (exact) mass is 268 g/mol. The Kier molecular flexibility index (Phi) is 5.23. The molecule has 0 bridgehead atoms. The number of likely N-dealkylation sites (tertiary alicyclic amines) is 1. The Morgan fingerprint density at radius 2 is 1.89 bits per heavy atom. The molecule has 2 aliphatic heterocycles. The van der Waals surface area contributed by atoms with Gasteiger partial charge < -0.3 is 15.1 Å². The molecule has 1 atom stereocenters. The summed E-state index contributed by atoms with van der Waals surface area (Å²) in [5.41, 5.74) is 0.285. The van der Waals surface area contributed by atoms with E-state index in [1.807, 2.05) is 0 Å². The molecule has 4 heteroatoms. The second-order valence-corrected chi connectivity index (χ2v) is 7.02. The van der Waals surface area contributed by atoms with E-state index in [1.54, 1.807) is 0 Å². The number of hydrogen-bond acceptors (Lipinski definition) is 4. The lowest BCUT2D eigenvalue weighted by Crippen LogP contribution is -2.59. The molecule has 2 rings (SSSR count). The smallest absolute Gasteiger partial charge is 0.0281 e. The van der Waals surface area contributed by atoms with Crippen molar-refractivity contribution in [3.8, 4) is 0 Å². The van der Waals surface area contributed by atoms with Crippen molar-refractivity contribution < 1.29 is 0 Å². The molecule has 0 saturated carbocycles. The lowest BCUT2D eigenvalue weighted by atomic mass is 9.98. The number of nitrogens with zero attached hydrogens (tertiary/aromatic N) is 3. The molecular formula is C15H32N4. The van der Waals surface area contributed by atoms with E-state index in [2.05, 4.69) is 48.0 Å². The summed E-state index contributed by atoms with van der Waals surface area (Å²) in [6, 6.07) is 0.737. The van der Waals surface area contributed by atoms with Crippen LogP contribution in [0.25, 0.3) is 0 Å². The van der Waals surface area contributed by atoms with Crippen molar-refractivity contribution in [2.24, 2.45) is 0 Å². The van der Waals surface area contributed by atoms with E-state index in [1.165, 1.54) is 45.6 Å². The Morgan fingerprint density at radius 3 is 2.53 bits per heavy atom. The van der Waals surface area contributed by atoms with Crippen LogP contribution in [0.15, 0.2) is 0 Å². The highest BCUT2D eigenvalue weighted by Crippen LogP contribution is 2.20. The van der Waals surface area contributed by atoms with Crippen molar-refractivity contribution in [2.45, 2.75) is 38.3 Å². The van der Waals surface area contributed by atoms with Gasteiger partial charge in [-0.2, -0.15) is 0 Å². The number of hydrogen-bond donors (Lipinski definition) is 1. The van der Waals surface area contributed by atoms with Crippen LogP contribution in [-0.4, -0.2) is 86.2 Å². The molecule has 2 fully saturated rings. The van der Waals surface area contributed by atoms with Crippen molar-refractivity contribution in [1.82, 2.24) is 20.0 Å². The maximum atomic E-state index is 3.45. The standard InChI is InChI=1S/C15H32N4/c1-15(2,19-10-7-16-8-11-19)13-18(4)14-6-5-9-17(3)12-14/h14,16H,5-13H2,1-4H3. The van der Waals surface area contributed by atoms with Gasteiger partial charge in [0.1, 0.15) is 0 Å². The van der Waals surface area contributed by atoms with Crippen molar-refractivity contribution in [3.05, 3.63) is 0 Å². The van der Waals surface area contributed by atoms with E-state index in [4.69, 9.17) is 0 Å². The van der Waals surface area contributed by atoms with Crippen LogP contribution in [0.2, 0.25) is 0 Å². The van der Waals surface area contributed by atoms with Crippen LogP contribution >= 0.6 is 0 Å². The zero-order valence-corrected chi connectivity index (χ0v) is 13.3. The quantitative estimate of drug-likeness (QED) is 0.810. The summed E-state index contributed by atoms with van der Waals surface area (Å²) < 4.78 is 0. The molecule has 0 radical (unpaired) electrons. The summed E-state index contributed by atoms with van der Waals surface area (Å²) in [6.45, 7) is 13.1. The Morgan fingerprint density at radius 1 is 1.21 bits per heavy atom. The van der Waals surface area contributed by atoms with Crippen LogP contribution < -0.4 is 5.32 Å². The van der Waals surface area contributed by atoms with Gasteiger partial charge in [0, 0.05) is 50.8 Å². The second kappa shape index (κ2) is 6.53. The van der Waals surface area contributed by atoms with Crippen LogP contribution in [0.1, 0.15) is 26.7 Å². The predicted octanol–water partition coefficient (Wildman–Crippen LogP) is 0.696. The van der Waals surface area contributed by atoms with Gasteiger partial charge in [-0.05, 0) is 47.3 Å². The molecule has 2 saturated heterocycles. The van der Waals surface area contributed by atoms with Crippen LogP contribution in [0.5, 0.6) is 0 Å². The van der Waals surface area contributed by atoms with Gasteiger partial charge in [-0.3, -0.25) is 4.90 Å². The fourth-order valence-corrected chi connectivity index (χ4v) is 3.61. The number of piperidine rings is 1. The number of nitrogens with one attached hydrogen (secondary N) is 1. The maximum Gasteiger partial charge on any atom is 0.0281 e. The van der Waals surface area contributed by atoms with Gasteiger partial charge in [0.15, 0.2) is 0 Å². The summed E-state index contributed by atoms with van der Waals surface area (Å²) in [6.07, 6.45) is 2.71. The lowest BCUT2D eigenvalue weighted by Gasteiger charge is -2.45. The minimum Gasteiger partial charge on any atom is -0.314 e. The summed E-state index contributed by atoms with van der Waals surface area (Å²) in [7, 11) is 4.56. The molecule has 0 aromatic rings. The van der Waals surface area contributed by atoms with Crippen LogP contribution in [0.4, 0.5) is 0 Å². The second-order valence-electron chi connectivity index (χ2n) is 7.02. The van der Waals surface area contributed by atoms with Crippen molar-refractivity contribution in [3.63, 3.8) is 0 Å². The fraction of sp³-hybridized carbons (Fsp3) is 1.00. The molecular weight excluding hydrogens is 236 g/mol. The first kappa shape index (κ1) is 15.2. The molecule has 4 nitrogen and oxygen atoms in total. The van der Waals surface area contributed by atoms with Gasteiger partial charge in [-0.15, -0.1) is 0 Å². The van der Waals surface area contributed by atoms with Crippen molar-refractivity contribution >= 4 is 0 Å².